The zero-order valence-corrected chi connectivity index (χ0v) is 13.3. The summed E-state index contributed by atoms with van der Waals surface area (Å²) in [6.45, 7) is 8.10. The fourth-order valence-corrected chi connectivity index (χ4v) is 2.09. The quantitative estimate of drug-likeness (QED) is 0.675. The van der Waals surface area contributed by atoms with Gasteiger partial charge in [0.15, 0.2) is 0 Å². The first kappa shape index (κ1) is 17.7. The Labute approximate surface area is 127 Å². The van der Waals surface area contributed by atoms with Crippen molar-refractivity contribution >= 4 is 5.91 Å². The highest BCUT2D eigenvalue weighted by atomic mass is 16.5. The first-order chi connectivity index (χ1) is 10.2. The number of amides is 1. The minimum Gasteiger partial charge on any atom is -0.379 e. The van der Waals surface area contributed by atoms with Gasteiger partial charge in [0, 0.05) is 19.1 Å². The molecular weight excluding hydrogens is 266 g/mol. The van der Waals surface area contributed by atoms with Gasteiger partial charge in [-0.3, -0.25) is 4.79 Å². The van der Waals surface area contributed by atoms with Gasteiger partial charge in [-0.2, -0.15) is 0 Å². The number of ether oxygens (including phenoxy) is 2. The first-order valence-electron chi connectivity index (χ1n) is 7.71. The van der Waals surface area contributed by atoms with E-state index in [-0.39, 0.29) is 5.91 Å². The fourth-order valence-electron chi connectivity index (χ4n) is 2.09. The molecule has 0 fully saturated rings. The van der Waals surface area contributed by atoms with Crippen LogP contribution >= 0.6 is 0 Å². The summed E-state index contributed by atoms with van der Waals surface area (Å²) in [5.74, 6) is 0.270. The van der Waals surface area contributed by atoms with Gasteiger partial charge < -0.3 is 14.8 Å². The molecule has 1 aromatic rings. The van der Waals surface area contributed by atoms with Gasteiger partial charge in [-0.15, -0.1) is 0 Å². The third-order valence-electron chi connectivity index (χ3n) is 3.46. The molecule has 1 amide bonds. The van der Waals surface area contributed by atoms with Crippen LogP contribution in [0.4, 0.5) is 0 Å². The van der Waals surface area contributed by atoms with Gasteiger partial charge in [0.25, 0.3) is 0 Å². The van der Waals surface area contributed by atoms with Crippen LogP contribution in [-0.2, 0) is 14.3 Å². The summed E-state index contributed by atoms with van der Waals surface area (Å²) in [5, 5.41) is 2.97. The van der Waals surface area contributed by atoms with E-state index in [4.69, 9.17) is 9.47 Å². The molecule has 2 atom stereocenters. The largest absolute Gasteiger partial charge is 0.379 e. The molecule has 0 heterocycles. The van der Waals surface area contributed by atoms with Crippen molar-refractivity contribution in [3.63, 3.8) is 0 Å². The van der Waals surface area contributed by atoms with E-state index in [0.717, 1.165) is 6.42 Å². The summed E-state index contributed by atoms with van der Waals surface area (Å²) in [6, 6.07) is 10.3. The highest BCUT2D eigenvalue weighted by Gasteiger charge is 2.15. The molecule has 0 radical (unpaired) electrons. The Morgan fingerprint density at radius 2 is 1.90 bits per heavy atom. The highest BCUT2D eigenvalue weighted by Crippen LogP contribution is 2.17. The molecule has 118 valence electrons. The number of rotatable bonds is 10. The van der Waals surface area contributed by atoms with Crippen molar-refractivity contribution in [2.24, 2.45) is 0 Å². The maximum absolute atomic E-state index is 12.0. The molecule has 1 aromatic carbocycles. The molecule has 0 saturated carbocycles. The van der Waals surface area contributed by atoms with Crippen LogP contribution in [0.1, 0.15) is 38.7 Å². The molecule has 0 aliphatic heterocycles. The van der Waals surface area contributed by atoms with Crippen LogP contribution in [0.15, 0.2) is 30.3 Å². The zero-order valence-electron chi connectivity index (χ0n) is 13.3. The lowest BCUT2D eigenvalue weighted by molar-refractivity contribution is -0.132. The Hall–Kier alpha value is -1.39. The van der Waals surface area contributed by atoms with Gasteiger partial charge in [-0.1, -0.05) is 37.3 Å². The first-order valence-corrected chi connectivity index (χ1v) is 7.71. The molecule has 0 bridgehead atoms. The summed E-state index contributed by atoms with van der Waals surface area (Å²) in [6.07, 6.45) is 0.544. The topological polar surface area (TPSA) is 47.6 Å². The molecule has 0 saturated heterocycles. The lowest BCUT2D eigenvalue weighted by Gasteiger charge is -2.18. The van der Waals surface area contributed by atoms with Gasteiger partial charge in [0.05, 0.1) is 13.2 Å². The Bertz CT molecular complexity index is 394. The van der Waals surface area contributed by atoms with E-state index in [9.17, 15) is 4.79 Å². The van der Waals surface area contributed by atoms with Crippen molar-refractivity contribution in [2.75, 3.05) is 26.4 Å². The maximum atomic E-state index is 12.0. The molecule has 0 unspecified atom stereocenters. The smallest absolute Gasteiger partial charge is 0.248 e. The summed E-state index contributed by atoms with van der Waals surface area (Å²) in [5.41, 5.74) is 1.25. The standard InChI is InChI=1S/C17H27NO3/c1-4-15(16-9-7-6-8-10-16)13-18-17(19)14(3)21-12-11-20-5-2/h6-10,14-15H,4-5,11-13H2,1-3H3,(H,18,19)/t14-,15+/m0/s1. The third kappa shape index (κ3) is 6.74. The number of carbonyl (C=O) groups is 1. The van der Waals surface area contributed by atoms with Gasteiger partial charge in [-0.25, -0.2) is 0 Å². The number of nitrogens with one attached hydrogen (secondary N) is 1. The van der Waals surface area contributed by atoms with Crippen LogP contribution in [0, 0.1) is 0 Å². The van der Waals surface area contributed by atoms with Gasteiger partial charge in [0.2, 0.25) is 5.91 Å². The lowest BCUT2D eigenvalue weighted by atomic mass is 9.96. The lowest BCUT2D eigenvalue weighted by Crippen LogP contribution is -2.37. The molecule has 4 heteroatoms. The minimum absolute atomic E-state index is 0.0686. The van der Waals surface area contributed by atoms with Crippen molar-refractivity contribution in [2.45, 2.75) is 39.2 Å². The van der Waals surface area contributed by atoms with Crippen molar-refractivity contribution in [3.05, 3.63) is 35.9 Å². The number of benzene rings is 1. The van der Waals surface area contributed by atoms with Crippen LogP contribution in [0.5, 0.6) is 0 Å². The van der Waals surface area contributed by atoms with Crippen LogP contribution in [0.25, 0.3) is 0 Å². The molecule has 0 spiro atoms. The predicted molar refractivity (Wildman–Crippen MR) is 84.4 cm³/mol. The van der Waals surface area contributed by atoms with Crippen LogP contribution in [0.2, 0.25) is 0 Å². The van der Waals surface area contributed by atoms with E-state index in [1.165, 1.54) is 5.56 Å². The summed E-state index contributed by atoms with van der Waals surface area (Å²) in [7, 11) is 0. The van der Waals surface area contributed by atoms with Crippen LogP contribution in [-0.4, -0.2) is 38.4 Å². The van der Waals surface area contributed by atoms with Gasteiger partial charge in [0.1, 0.15) is 6.10 Å². The van der Waals surface area contributed by atoms with Crippen molar-refractivity contribution in [3.8, 4) is 0 Å². The van der Waals surface area contributed by atoms with Crippen molar-refractivity contribution in [1.82, 2.24) is 5.32 Å². The number of hydrogen-bond acceptors (Lipinski definition) is 3. The second-order valence-corrected chi connectivity index (χ2v) is 4.97. The average molecular weight is 293 g/mol. The fraction of sp³-hybridized carbons (Fsp3) is 0.588. The van der Waals surface area contributed by atoms with E-state index in [2.05, 4.69) is 24.4 Å². The monoisotopic (exact) mass is 293 g/mol. The number of carbonyl (C=O) groups excluding carboxylic acids is 1. The van der Waals surface area contributed by atoms with Crippen molar-refractivity contribution < 1.29 is 14.3 Å². The van der Waals surface area contributed by atoms with Crippen molar-refractivity contribution in [1.29, 1.82) is 0 Å². The molecule has 1 rings (SSSR count). The van der Waals surface area contributed by atoms with E-state index < -0.39 is 6.10 Å². The number of hydrogen-bond donors (Lipinski definition) is 1. The Balaban J connectivity index is 2.33. The summed E-state index contributed by atoms with van der Waals surface area (Å²) in [4.78, 5) is 12.0. The predicted octanol–water partition coefficient (Wildman–Crippen LogP) is 2.74. The molecule has 1 N–H and O–H groups in total. The second kappa shape index (κ2) is 10.4. The maximum Gasteiger partial charge on any atom is 0.248 e. The van der Waals surface area contributed by atoms with Gasteiger partial charge in [-0.05, 0) is 25.8 Å². The molecule has 21 heavy (non-hydrogen) atoms. The van der Waals surface area contributed by atoms with E-state index in [1.807, 2.05) is 25.1 Å². The summed E-state index contributed by atoms with van der Waals surface area (Å²) < 4.78 is 10.6. The zero-order chi connectivity index (χ0) is 15.5. The van der Waals surface area contributed by atoms with Crippen LogP contribution in [0.3, 0.4) is 0 Å². The molecular formula is C17H27NO3. The normalized spacial score (nSPS) is 13.7. The summed E-state index contributed by atoms with van der Waals surface area (Å²) >= 11 is 0. The van der Waals surface area contributed by atoms with Gasteiger partial charge >= 0.3 is 0 Å². The van der Waals surface area contributed by atoms with E-state index >= 15 is 0 Å². The van der Waals surface area contributed by atoms with E-state index in [0.29, 0.717) is 32.3 Å². The Morgan fingerprint density at radius 1 is 1.19 bits per heavy atom. The SMILES string of the molecule is CCOCCO[C@@H](C)C(=O)NC[C@@H](CC)c1ccccc1. The third-order valence-corrected chi connectivity index (χ3v) is 3.46. The Kier molecular flexibility index (Phi) is 8.71. The molecule has 0 aromatic heterocycles. The Morgan fingerprint density at radius 3 is 2.52 bits per heavy atom. The van der Waals surface area contributed by atoms with E-state index in [1.54, 1.807) is 6.92 Å². The molecule has 0 aliphatic rings. The second-order valence-electron chi connectivity index (χ2n) is 4.97. The van der Waals surface area contributed by atoms with Crippen LogP contribution < -0.4 is 5.32 Å². The average Bonchev–Trinajstić information content (AvgIpc) is 2.52. The molecule has 0 aliphatic carbocycles. The highest BCUT2D eigenvalue weighted by molar-refractivity contribution is 5.80. The molecule has 4 nitrogen and oxygen atoms in total. The minimum atomic E-state index is -0.446.